The molecule has 2 heterocycles. The lowest BCUT2D eigenvalue weighted by molar-refractivity contribution is -0.115. The van der Waals surface area contributed by atoms with E-state index in [0.29, 0.717) is 23.8 Å². The van der Waals surface area contributed by atoms with E-state index < -0.39 is 6.17 Å². The molecule has 7 heteroatoms. The Morgan fingerprint density at radius 2 is 2.24 bits per heavy atom. The maximum atomic E-state index is 13.1. The Labute approximate surface area is 120 Å². The monoisotopic (exact) mass is 290 g/mol. The van der Waals surface area contributed by atoms with Gasteiger partial charge in [-0.15, -0.1) is 0 Å². The van der Waals surface area contributed by atoms with Crippen LogP contribution in [0.25, 0.3) is 0 Å². The predicted octanol–water partition coefficient (Wildman–Crippen LogP) is 1.62. The second kappa shape index (κ2) is 6.01. The number of para-hydroxylation sites is 1. The van der Waals surface area contributed by atoms with Gasteiger partial charge in [-0.1, -0.05) is 23.4 Å². The number of hydrogen-bond acceptors (Lipinski definition) is 5. The number of aromatic nitrogens is 2. The molecule has 0 unspecified atom stereocenters. The number of nitrogens with one attached hydrogen (secondary N) is 2. The molecule has 21 heavy (non-hydrogen) atoms. The van der Waals surface area contributed by atoms with Gasteiger partial charge in [-0.05, 0) is 12.1 Å². The summed E-state index contributed by atoms with van der Waals surface area (Å²) in [5, 5.41) is 9.46. The molecule has 1 aliphatic heterocycles. The number of alkyl halides is 1. The molecule has 6 nitrogen and oxygen atoms in total. The van der Waals surface area contributed by atoms with Crippen molar-refractivity contribution in [3.63, 3.8) is 0 Å². The number of benzene rings is 1. The first-order valence-electron chi connectivity index (χ1n) is 6.75. The molecular weight excluding hydrogens is 275 g/mol. The lowest BCUT2D eigenvalue weighted by atomic mass is 10.2. The highest BCUT2D eigenvalue weighted by atomic mass is 19.1. The number of halogens is 1. The van der Waals surface area contributed by atoms with Crippen molar-refractivity contribution in [1.29, 1.82) is 0 Å². The molecular formula is C14H15FN4O2. The fourth-order valence-electron chi connectivity index (χ4n) is 2.23. The molecule has 0 spiro atoms. The van der Waals surface area contributed by atoms with Crippen molar-refractivity contribution in [2.75, 3.05) is 11.9 Å². The zero-order valence-electron chi connectivity index (χ0n) is 11.3. The standard InChI is InChI=1S/C14H15FN4O2/c15-9-6-11(16-8-9)14-18-12(19-21-14)7-13(20)17-10-4-2-1-3-5-10/h1-5,9,11,16H,6-8H2,(H,17,20)/t9-,11+/m0/s1. The highest BCUT2D eigenvalue weighted by Crippen LogP contribution is 2.23. The van der Waals surface area contributed by atoms with Crippen LogP contribution in [0.2, 0.25) is 0 Å². The van der Waals surface area contributed by atoms with E-state index >= 15 is 0 Å². The minimum absolute atomic E-state index is 0.0180. The quantitative estimate of drug-likeness (QED) is 0.894. The van der Waals surface area contributed by atoms with Gasteiger partial charge in [-0.2, -0.15) is 4.98 Å². The van der Waals surface area contributed by atoms with Gasteiger partial charge in [-0.3, -0.25) is 4.79 Å². The molecule has 0 bridgehead atoms. The Morgan fingerprint density at radius 3 is 2.95 bits per heavy atom. The molecule has 0 aliphatic carbocycles. The number of rotatable bonds is 4. The van der Waals surface area contributed by atoms with E-state index in [1.165, 1.54) is 0 Å². The number of anilines is 1. The van der Waals surface area contributed by atoms with Crippen molar-refractivity contribution < 1.29 is 13.7 Å². The molecule has 0 radical (unpaired) electrons. The second-order valence-electron chi connectivity index (χ2n) is 4.93. The normalized spacial score (nSPS) is 21.4. The summed E-state index contributed by atoms with van der Waals surface area (Å²) in [6, 6.07) is 8.86. The number of nitrogens with zero attached hydrogens (tertiary/aromatic N) is 2. The average Bonchev–Trinajstić information content (AvgIpc) is 3.09. The molecule has 2 N–H and O–H groups in total. The van der Waals surface area contributed by atoms with Crippen molar-refractivity contribution in [3.8, 4) is 0 Å². The molecule has 110 valence electrons. The number of carbonyl (C=O) groups excluding carboxylic acids is 1. The van der Waals surface area contributed by atoms with Crippen LogP contribution >= 0.6 is 0 Å². The smallest absolute Gasteiger partial charge is 0.243 e. The Balaban J connectivity index is 1.58. The SMILES string of the molecule is O=C(Cc1noc([C@H]2C[C@H](F)CN2)n1)Nc1ccccc1. The molecule has 1 aromatic heterocycles. The van der Waals surface area contributed by atoms with Crippen molar-refractivity contribution in [3.05, 3.63) is 42.0 Å². The van der Waals surface area contributed by atoms with E-state index in [1.54, 1.807) is 12.1 Å². The summed E-state index contributed by atoms with van der Waals surface area (Å²) < 4.78 is 18.2. The molecule has 3 rings (SSSR count). The zero-order chi connectivity index (χ0) is 14.7. The first kappa shape index (κ1) is 13.7. The molecule has 0 saturated carbocycles. The fourth-order valence-corrected chi connectivity index (χ4v) is 2.23. The van der Waals surface area contributed by atoms with Gasteiger partial charge < -0.3 is 15.2 Å². The van der Waals surface area contributed by atoms with Crippen molar-refractivity contribution >= 4 is 11.6 Å². The fraction of sp³-hybridized carbons (Fsp3) is 0.357. The van der Waals surface area contributed by atoms with Crippen molar-refractivity contribution in [2.24, 2.45) is 0 Å². The maximum absolute atomic E-state index is 13.1. The largest absolute Gasteiger partial charge is 0.338 e. The second-order valence-corrected chi connectivity index (χ2v) is 4.93. The van der Waals surface area contributed by atoms with Crippen LogP contribution in [0.3, 0.4) is 0 Å². The van der Waals surface area contributed by atoms with Gasteiger partial charge in [-0.25, -0.2) is 4.39 Å². The summed E-state index contributed by atoms with van der Waals surface area (Å²) in [5.74, 6) is 0.400. The summed E-state index contributed by atoms with van der Waals surface area (Å²) in [6.07, 6.45) is -0.561. The van der Waals surface area contributed by atoms with Gasteiger partial charge in [0.15, 0.2) is 5.82 Å². The molecule has 2 aromatic rings. The minimum atomic E-state index is -0.897. The Bertz CT molecular complexity index is 616. The summed E-state index contributed by atoms with van der Waals surface area (Å²) in [4.78, 5) is 16.0. The minimum Gasteiger partial charge on any atom is -0.338 e. The summed E-state index contributed by atoms with van der Waals surface area (Å²) in [5.41, 5.74) is 0.712. The number of carbonyl (C=O) groups is 1. The van der Waals surface area contributed by atoms with Gasteiger partial charge in [0.2, 0.25) is 11.8 Å². The summed E-state index contributed by atoms with van der Waals surface area (Å²) in [7, 11) is 0. The third-order valence-electron chi connectivity index (χ3n) is 3.24. The topological polar surface area (TPSA) is 80.1 Å². The van der Waals surface area contributed by atoms with Gasteiger partial charge >= 0.3 is 0 Å². The third-order valence-corrected chi connectivity index (χ3v) is 3.24. The van der Waals surface area contributed by atoms with Crippen LogP contribution in [0.15, 0.2) is 34.9 Å². The van der Waals surface area contributed by atoms with E-state index in [9.17, 15) is 9.18 Å². The van der Waals surface area contributed by atoms with E-state index in [4.69, 9.17) is 4.52 Å². The lowest BCUT2D eigenvalue weighted by Gasteiger charge is -2.02. The van der Waals surface area contributed by atoms with Gasteiger partial charge in [0.25, 0.3) is 0 Å². The maximum Gasteiger partial charge on any atom is 0.243 e. The van der Waals surface area contributed by atoms with Crippen LogP contribution < -0.4 is 10.6 Å². The summed E-state index contributed by atoms with van der Waals surface area (Å²) in [6.45, 7) is 0.289. The lowest BCUT2D eigenvalue weighted by Crippen LogP contribution is -2.16. The van der Waals surface area contributed by atoms with Gasteiger partial charge in [0.1, 0.15) is 6.17 Å². The highest BCUT2D eigenvalue weighted by molar-refractivity contribution is 5.91. The molecule has 1 aliphatic rings. The van der Waals surface area contributed by atoms with Gasteiger partial charge in [0, 0.05) is 18.7 Å². The van der Waals surface area contributed by atoms with Crippen LogP contribution in [0.5, 0.6) is 0 Å². The number of amides is 1. The van der Waals surface area contributed by atoms with Gasteiger partial charge in [0.05, 0.1) is 12.5 Å². The zero-order valence-corrected chi connectivity index (χ0v) is 11.3. The van der Waals surface area contributed by atoms with Crippen molar-refractivity contribution in [1.82, 2.24) is 15.5 Å². The molecule has 1 aromatic carbocycles. The Kier molecular flexibility index (Phi) is 3.92. The van der Waals surface area contributed by atoms with E-state index in [2.05, 4.69) is 20.8 Å². The third kappa shape index (κ3) is 3.43. The molecule has 1 fully saturated rings. The van der Waals surface area contributed by atoms with E-state index in [1.807, 2.05) is 18.2 Å². The highest BCUT2D eigenvalue weighted by Gasteiger charge is 2.29. The number of hydrogen-bond donors (Lipinski definition) is 2. The van der Waals surface area contributed by atoms with Crippen LogP contribution in [0, 0.1) is 0 Å². The van der Waals surface area contributed by atoms with Crippen LogP contribution in [-0.4, -0.2) is 28.8 Å². The van der Waals surface area contributed by atoms with Crippen LogP contribution in [0.1, 0.15) is 24.2 Å². The first-order valence-corrected chi connectivity index (χ1v) is 6.75. The van der Waals surface area contributed by atoms with E-state index in [-0.39, 0.29) is 24.9 Å². The molecule has 1 saturated heterocycles. The van der Waals surface area contributed by atoms with Crippen LogP contribution in [-0.2, 0) is 11.2 Å². The predicted molar refractivity (Wildman–Crippen MR) is 73.3 cm³/mol. The Morgan fingerprint density at radius 1 is 1.43 bits per heavy atom. The van der Waals surface area contributed by atoms with Crippen LogP contribution in [0.4, 0.5) is 10.1 Å². The first-order chi connectivity index (χ1) is 10.2. The Hall–Kier alpha value is -2.28. The summed E-state index contributed by atoms with van der Waals surface area (Å²) >= 11 is 0. The molecule has 1 amide bonds. The van der Waals surface area contributed by atoms with Crippen molar-refractivity contribution in [2.45, 2.75) is 25.1 Å². The molecule has 2 atom stereocenters. The average molecular weight is 290 g/mol. The van der Waals surface area contributed by atoms with E-state index in [0.717, 1.165) is 0 Å².